The molecule has 2 heterocycles. The fourth-order valence-electron chi connectivity index (χ4n) is 2.92. The minimum Gasteiger partial charge on any atom is -0.480 e. The van der Waals surface area contributed by atoms with E-state index in [1.165, 1.54) is 20.5 Å². The summed E-state index contributed by atoms with van der Waals surface area (Å²) in [6.45, 7) is 1.87. The number of carbonyl (C=O) groups is 2. The molecule has 0 saturated carbocycles. The third kappa shape index (κ3) is 5.48. The van der Waals surface area contributed by atoms with Gasteiger partial charge in [0.2, 0.25) is 15.9 Å². The summed E-state index contributed by atoms with van der Waals surface area (Å²) in [6.07, 6.45) is 3.26. The van der Waals surface area contributed by atoms with Crippen molar-refractivity contribution in [3.05, 3.63) is 16.6 Å². The molecule has 0 bridgehead atoms. The van der Waals surface area contributed by atoms with Crippen molar-refractivity contribution >= 4 is 33.2 Å². The van der Waals surface area contributed by atoms with Crippen LogP contribution in [0, 0.1) is 0 Å². The predicted octanol–water partition coefficient (Wildman–Crippen LogP) is 0.803. The maximum Gasteiger partial charge on any atom is 0.323 e. The van der Waals surface area contributed by atoms with Crippen LogP contribution in [0.2, 0.25) is 0 Å². The van der Waals surface area contributed by atoms with Crippen LogP contribution in [0.3, 0.4) is 0 Å². The van der Waals surface area contributed by atoms with Gasteiger partial charge in [0.05, 0.1) is 10.8 Å². The highest BCUT2D eigenvalue weighted by atomic mass is 32.2. The molecule has 10 heteroatoms. The summed E-state index contributed by atoms with van der Waals surface area (Å²) in [6, 6.07) is -0.247. The van der Waals surface area contributed by atoms with Crippen LogP contribution in [0.25, 0.3) is 0 Å². The summed E-state index contributed by atoms with van der Waals surface area (Å²) in [5.41, 5.74) is 0. The van der Waals surface area contributed by atoms with Gasteiger partial charge in [0.15, 0.2) is 0 Å². The van der Waals surface area contributed by atoms with Gasteiger partial charge in [0.25, 0.3) is 0 Å². The lowest BCUT2D eigenvalue weighted by molar-refractivity contribution is -0.146. The molecule has 0 radical (unpaired) electrons. The molecular weight excluding hydrogens is 366 g/mol. The molecular formula is C15H23N3O5S2. The van der Waals surface area contributed by atoms with Crippen LogP contribution in [0.5, 0.6) is 0 Å². The summed E-state index contributed by atoms with van der Waals surface area (Å²) < 4.78 is 25.3. The summed E-state index contributed by atoms with van der Waals surface area (Å²) >= 11 is 1.46. The van der Waals surface area contributed by atoms with E-state index in [1.807, 2.05) is 5.38 Å². The third-order valence-electron chi connectivity index (χ3n) is 4.28. The first-order valence-electron chi connectivity index (χ1n) is 8.21. The number of hydrogen-bond donors (Lipinski definition) is 1. The SMILES string of the molecule is CCS(=O)(=O)N1CCC(N(CC(=O)O)C(=O)CCc2nccs2)CC1. The van der Waals surface area contributed by atoms with Crippen LogP contribution >= 0.6 is 11.3 Å². The van der Waals surface area contributed by atoms with Crippen LogP contribution in [-0.2, 0) is 26.0 Å². The molecule has 1 fully saturated rings. The normalized spacial score (nSPS) is 16.7. The van der Waals surface area contributed by atoms with E-state index in [0.717, 1.165) is 5.01 Å². The van der Waals surface area contributed by atoms with E-state index < -0.39 is 16.0 Å². The van der Waals surface area contributed by atoms with Crippen molar-refractivity contribution in [2.24, 2.45) is 0 Å². The van der Waals surface area contributed by atoms with Gasteiger partial charge in [-0.05, 0) is 19.8 Å². The Labute approximate surface area is 151 Å². The Morgan fingerprint density at radius 3 is 2.60 bits per heavy atom. The van der Waals surface area contributed by atoms with E-state index in [0.29, 0.717) is 32.4 Å². The van der Waals surface area contributed by atoms with E-state index in [9.17, 15) is 18.0 Å². The van der Waals surface area contributed by atoms with Gasteiger partial charge in [-0.25, -0.2) is 17.7 Å². The van der Waals surface area contributed by atoms with Crippen LogP contribution in [0.15, 0.2) is 11.6 Å². The maximum atomic E-state index is 12.5. The Bertz CT molecular complexity index is 682. The van der Waals surface area contributed by atoms with Crippen molar-refractivity contribution < 1.29 is 23.1 Å². The minimum absolute atomic E-state index is 0.0449. The molecule has 1 aliphatic heterocycles. The maximum absolute atomic E-state index is 12.5. The average molecular weight is 389 g/mol. The number of carboxylic acid groups (broad SMARTS) is 1. The van der Waals surface area contributed by atoms with Gasteiger partial charge in [-0.15, -0.1) is 11.3 Å². The first-order valence-corrected chi connectivity index (χ1v) is 10.7. The molecule has 1 aromatic heterocycles. The molecule has 0 unspecified atom stereocenters. The van der Waals surface area contributed by atoms with Crippen molar-refractivity contribution in [1.29, 1.82) is 0 Å². The monoisotopic (exact) mass is 389 g/mol. The highest BCUT2D eigenvalue weighted by Gasteiger charge is 2.32. The Balaban J connectivity index is 1.97. The molecule has 8 nitrogen and oxygen atoms in total. The van der Waals surface area contributed by atoms with Crippen LogP contribution < -0.4 is 0 Å². The number of thiazole rings is 1. The Kier molecular flexibility index (Phi) is 6.91. The van der Waals surface area contributed by atoms with Gasteiger partial charge in [0.1, 0.15) is 6.54 Å². The number of carboxylic acids is 1. The number of piperidine rings is 1. The number of sulfonamides is 1. The number of aromatic nitrogens is 1. The van der Waals surface area contributed by atoms with Crippen molar-refractivity contribution in [2.75, 3.05) is 25.4 Å². The van der Waals surface area contributed by atoms with E-state index in [-0.39, 0.29) is 30.7 Å². The van der Waals surface area contributed by atoms with Crippen LogP contribution in [0.4, 0.5) is 0 Å². The lowest BCUT2D eigenvalue weighted by Crippen LogP contribution is -2.50. The second-order valence-electron chi connectivity index (χ2n) is 5.87. The van der Waals surface area contributed by atoms with Gasteiger partial charge in [0, 0.05) is 43.5 Å². The third-order valence-corrected chi connectivity index (χ3v) is 7.01. The number of rotatable bonds is 8. The molecule has 0 aromatic carbocycles. The number of nitrogens with zero attached hydrogens (tertiary/aromatic N) is 3. The van der Waals surface area contributed by atoms with Crippen molar-refractivity contribution in [3.8, 4) is 0 Å². The number of carbonyl (C=O) groups excluding carboxylic acids is 1. The molecule has 1 amide bonds. The first-order chi connectivity index (χ1) is 11.8. The Morgan fingerprint density at radius 1 is 1.40 bits per heavy atom. The summed E-state index contributed by atoms with van der Waals surface area (Å²) in [5.74, 6) is -1.25. The zero-order valence-corrected chi connectivity index (χ0v) is 15.8. The molecule has 1 aromatic rings. The zero-order chi connectivity index (χ0) is 18.4. The highest BCUT2D eigenvalue weighted by molar-refractivity contribution is 7.89. The molecule has 0 spiro atoms. The van der Waals surface area contributed by atoms with Crippen molar-refractivity contribution in [1.82, 2.24) is 14.2 Å². The molecule has 0 atom stereocenters. The largest absolute Gasteiger partial charge is 0.480 e. The molecule has 1 saturated heterocycles. The van der Waals surface area contributed by atoms with Gasteiger partial charge in [-0.1, -0.05) is 0 Å². The smallest absolute Gasteiger partial charge is 0.323 e. The van der Waals surface area contributed by atoms with Gasteiger partial charge >= 0.3 is 5.97 Å². The number of aryl methyl sites for hydroxylation is 1. The van der Waals surface area contributed by atoms with E-state index in [1.54, 1.807) is 13.1 Å². The van der Waals surface area contributed by atoms with Crippen molar-refractivity contribution in [2.45, 2.75) is 38.6 Å². The number of aliphatic carboxylic acids is 1. The predicted molar refractivity (Wildman–Crippen MR) is 93.8 cm³/mol. The Hall–Kier alpha value is -1.52. The molecule has 2 rings (SSSR count). The second-order valence-corrected chi connectivity index (χ2v) is 9.11. The highest BCUT2D eigenvalue weighted by Crippen LogP contribution is 2.20. The van der Waals surface area contributed by atoms with Crippen molar-refractivity contribution in [3.63, 3.8) is 0 Å². The first kappa shape index (κ1) is 19.8. The lowest BCUT2D eigenvalue weighted by Gasteiger charge is -2.37. The van der Waals surface area contributed by atoms with Gasteiger partial charge < -0.3 is 10.0 Å². The lowest BCUT2D eigenvalue weighted by atomic mass is 10.0. The second kappa shape index (κ2) is 8.72. The quantitative estimate of drug-likeness (QED) is 0.705. The summed E-state index contributed by atoms with van der Waals surface area (Å²) in [7, 11) is -3.25. The summed E-state index contributed by atoms with van der Waals surface area (Å²) in [5, 5.41) is 11.8. The van der Waals surface area contributed by atoms with Gasteiger partial charge in [-0.2, -0.15) is 0 Å². The van der Waals surface area contributed by atoms with E-state index >= 15 is 0 Å². The zero-order valence-electron chi connectivity index (χ0n) is 14.1. The van der Waals surface area contributed by atoms with Crippen LogP contribution in [0.1, 0.15) is 31.2 Å². The Morgan fingerprint density at radius 2 is 2.08 bits per heavy atom. The molecule has 25 heavy (non-hydrogen) atoms. The van der Waals surface area contributed by atoms with Crippen LogP contribution in [-0.4, -0.2) is 71.0 Å². The molecule has 1 N–H and O–H groups in total. The number of hydrogen-bond acceptors (Lipinski definition) is 6. The molecule has 1 aliphatic rings. The van der Waals surface area contributed by atoms with E-state index in [2.05, 4.69) is 4.98 Å². The minimum atomic E-state index is -3.25. The van der Waals surface area contributed by atoms with Gasteiger partial charge in [-0.3, -0.25) is 9.59 Å². The summed E-state index contributed by atoms with van der Waals surface area (Å²) in [4.78, 5) is 29.2. The standard InChI is InChI=1S/C15H23N3O5S2/c1-2-25(22,23)17-8-5-12(6-9-17)18(11-15(20)21)14(19)4-3-13-16-7-10-24-13/h7,10,12H,2-6,8-9,11H2,1H3,(H,20,21). The molecule has 0 aliphatic carbocycles. The fourth-order valence-corrected chi connectivity index (χ4v) is 4.67. The molecule has 140 valence electrons. The van der Waals surface area contributed by atoms with E-state index in [4.69, 9.17) is 5.11 Å². The average Bonchev–Trinajstić information content (AvgIpc) is 3.11. The topological polar surface area (TPSA) is 108 Å². The fraction of sp³-hybridized carbons (Fsp3) is 0.667. The number of amides is 1.